The number of rotatable bonds is 9. The molecule has 0 radical (unpaired) electrons. The van der Waals surface area contributed by atoms with E-state index in [2.05, 4.69) is 20.4 Å². The molecule has 2 N–H and O–H groups in total. The van der Waals surface area contributed by atoms with Gasteiger partial charge in [-0.1, -0.05) is 0 Å². The lowest BCUT2D eigenvalue weighted by Gasteiger charge is -2.34. The zero-order valence-electron chi connectivity index (χ0n) is 19.2. The highest BCUT2D eigenvalue weighted by molar-refractivity contribution is 14.0. The molecule has 9 heteroatoms. The van der Waals surface area contributed by atoms with E-state index in [-0.39, 0.29) is 24.0 Å². The van der Waals surface area contributed by atoms with Gasteiger partial charge in [-0.15, -0.1) is 24.0 Å². The van der Waals surface area contributed by atoms with Crippen molar-refractivity contribution in [3.05, 3.63) is 24.2 Å². The molecule has 1 unspecified atom stereocenters. The lowest BCUT2D eigenvalue weighted by atomic mass is 10.0. The zero-order valence-corrected chi connectivity index (χ0v) is 21.5. The largest absolute Gasteiger partial charge is 0.469 e. The number of nitrogens with one attached hydrogen (secondary N) is 2. The van der Waals surface area contributed by atoms with Gasteiger partial charge in [-0.25, -0.2) is 0 Å². The van der Waals surface area contributed by atoms with Crippen LogP contribution in [0.15, 0.2) is 27.8 Å². The van der Waals surface area contributed by atoms with Gasteiger partial charge < -0.3 is 29.4 Å². The third-order valence-electron chi connectivity index (χ3n) is 6.50. The van der Waals surface area contributed by atoms with E-state index >= 15 is 0 Å². The summed E-state index contributed by atoms with van der Waals surface area (Å²) in [6.07, 6.45) is 6.14. The smallest absolute Gasteiger partial charge is 0.191 e. The predicted molar refractivity (Wildman–Crippen MR) is 137 cm³/mol. The Morgan fingerprint density at radius 3 is 2.59 bits per heavy atom. The van der Waals surface area contributed by atoms with Gasteiger partial charge in [0.25, 0.3) is 0 Å². The first kappa shape index (κ1) is 25.7. The number of morpholine rings is 1. The van der Waals surface area contributed by atoms with Crippen LogP contribution in [0.2, 0.25) is 0 Å². The number of hydrogen-bond acceptors (Lipinski definition) is 6. The Balaban J connectivity index is 0.00000289. The van der Waals surface area contributed by atoms with Crippen molar-refractivity contribution in [1.82, 2.24) is 20.4 Å². The van der Waals surface area contributed by atoms with Crippen molar-refractivity contribution in [3.8, 4) is 0 Å². The molecule has 0 aromatic carbocycles. The summed E-state index contributed by atoms with van der Waals surface area (Å²) in [5.41, 5.74) is 0. The van der Waals surface area contributed by atoms with Crippen LogP contribution in [0.3, 0.4) is 0 Å². The molecule has 1 aromatic heterocycles. The van der Waals surface area contributed by atoms with Crippen LogP contribution >= 0.6 is 24.0 Å². The SMILES string of the molecule is I.c1coc(CCNC(=NCCN2CCOCC2)NC2CCN(CC3CCOC3)CC2)c1. The van der Waals surface area contributed by atoms with Crippen LogP contribution in [0.25, 0.3) is 0 Å². The first-order valence-electron chi connectivity index (χ1n) is 12.0. The topological polar surface area (TPSA) is 74.5 Å². The van der Waals surface area contributed by atoms with Gasteiger partial charge in [0, 0.05) is 64.9 Å². The van der Waals surface area contributed by atoms with Gasteiger partial charge in [-0.3, -0.25) is 9.89 Å². The van der Waals surface area contributed by atoms with E-state index in [4.69, 9.17) is 18.9 Å². The van der Waals surface area contributed by atoms with Gasteiger partial charge in [-0.05, 0) is 37.3 Å². The Morgan fingerprint density at radius 1 is 1.03 bits per heavy atom. The standard InChI is InChI=1S/C23H39N5O3.HI/c1-2-22(31-14-1)3-7-24-23(25-8-11-27-12-16-29-17-13-27)26-21-4-9-28(10-5-21)18-20-6-15-30-19-20;/h1-2,14,20-21H,3-13,15-19H2,(H2,24,25,26);1H. The predicted octanol–water partition coefficient (Wildman–Crippen LogP) is 1.81. The summed E-state index contributed by atoms with van der Waals surface area (Å²) in [7, 11) is 0. The number of halogens is 1. The second-order valence-electron chi connectivity index (χ2n) is 8.89. The van der Waals surface area contributed by atoms with Crippen LogP contribution < -0.4 is 10.6 Å². The van der Waals surface area contributed by atoms with Gasteiger partial charge >= 0.3 is 0 Å². The zero-order chi connectivity index (χ0) is 21.1. The Kier molecular flexibility index (Phi) is 11.6. The third kappa shape index (κ3) is 8.81. The molecule has 32 heavy (non-hydrogen) atoms. The fourth-order valence-corrected chi connectivity index (χ4v) is 4.59. The number of aliphatic imine (C=N–C) groups is 1. The Morgan fingerprint density at radius 2 is 1.88 bits per heavy atom. The Labute approximate surface area is 209 Å². The van der Waals surface area contributed by atoms with Crippen molar-refractivity contribution in [2.24, 2.45) is 10.9 Å². The van der Waals surface area contributed by atoms with E-state index in [1.807, 2.05) is 12.1 Å². The molecule has 8 nitrogen and oxygen atoms in total. The van der Waals surface area contributed by atoms with Gasteiger partial charge in [0.05, 0.1) is 32.6 Å². The summed E-state index contributed by atoms with van der Waals surface area (Å²) in [6.45, 7) is 11.7. The second kappa shape index (κ2) is 14.4. The first-order chi connectivity index (χ1) is 15.3. The molecular formula is C23H40IN5O3. The quantitative estimate of drug-likeness (QED) is 0.271. The molecule has 1 aromatic rings. The van der Waals surface area contributed by atoms with E-state index in [1.54, 1.807) is 6.26 Å². The molecule has 4 rings (SSSR count). The summed E-state index contributed by atoms with van der Waals surface area (Å²) >= 11 is 0. The van der Waals surface area contributed by atoms with Gasteiger partial charge in [0.15, 0.2) is 5.96 Å². The first-order valence-corrected chi connectivity index (χ1v) is 12.0. The normalized spacial score (nSPS) is 23.8. The number of likely N-dealkylation sites (tertiary alicyclic amines) is 1. The molecule has 0 aliphatic carbocycles. The van der Waals surface area contributed by atoms with Gasteiger partial charge in [-0.2, -0.15) is 0 Å². The van der Waals surface area contributed by atoms with Crippen LogP contribution in [0, 0.1) is 5.92 Å². The summed E-state index contributed by atoms with van der Waals surface area (Å²) in [5, 5.41) is 7.22. The average Bonchev–Trinajstić information content (AvgIpc) is 3.50. The number of nitrogens with zero attached hydrogens (tertiary/aromatic N) is 3. The molecule has 4 heterocycles. The Bertz CT molecular complexity index is 640. The van der Waals surface area contributed by atoms with Crippen molar-refractivity contribution in [3.63, 3.8) is 0 Å². The van der Waals surface area contributed by atoms with E-state index < -0.39 is 0 Å². The van der Waals surface area contributed by atoms with Crippen LogP contribution in [-0.2, 0) is 15.9 Å². The minimum Gasteiger partial charge on any atom is -0.469 e. The van der Waals surface area contributed by atoms with E-state index in [0.717, 1.165) is 109 Å². The Hall–Kier alpha value is -0.880. The fraction of sp³-hybridized carbons (Fsp3) is 0.783. The molecule has 1 atom stereocenters. The van der Waals surface area contributed by atoms with Crippen LogP contribution in [0.1, 0.15) is 25.0 Å². The monoisotopic (exact) mass is 561 g/mol. The molecule has 0 amide bonds. The number of hydrogen-bond donors (Lipinski definition) is 2. The van der Waals surface area contributed by atoms with Gasteiger partial charge in [0.2, 0.25) is 0 Å². The van der Waals surface area contributed by atoms with Crippen molar-refractivity contribution >= 4 is 29.9 Å². The van der Waals surface area contributed by atoms with Crippen molar-refractivity contribution < 1.29 is 13.9 Å². The van der Waals surface area contributed by atoms with E-state index in [0.29, 0.717) is 6.04 Å². The molecule has 0 saturated carbocycles. The summed E-state index contributed by atoms with van der Waals surface area (Å²) < 4.78 is 16.4. The van der Waals surface area contributed by atoms with Crippen molar-refractivity contribution in [2.75, 3.05) is 78.8 Å². The van der Waals surface area contributed by atoms with Crippen LogP contribution in [0.5, 0.6) is 0 Å². The number of furan rings is 1. The van der Waals surface area contributed by atoms with Crippen LogP contribution in [0.4, 0.5) is 0 Å². The summed E-state index contributed by atoms with van der Waals surface area (Å²) in [6, 6.07) is 4.45. The van der Waals surface area contributed by atoms with E-state index in [9.17, 15) is 0 Å². The number of guanidine groups is 1. The number of piperidine rings is 1. The van der Waals surface area contributed by atoms with Gasteiger partial charge in [0.1, 0.15) is 5.76 Å². The molecular weight excluding hydrogens is 521 g/mol. The minimum absolute atomic E-state index is 0. The highest BCUT2D eigenvalue weighted by Gasteiger charge is 2.24. The summed E-state index contributed by atoms with van der Waals surface area (Å²) in [5.74, 6) is 2.66. The average molecular weight is 562 g/mol. The highest BCUT2D eigenvalue weighted by atomic mass is 127. The number of ether oxygens (including phenoxy) is 2. The molecule has 3 aliphatic heterocycles. The lowest BCUT2D eigenvalue weighted by molar-refractivity contribution is 0.0394. The second-order valence-corrected chi connectivity index (χ2v) is 8.89. The maximum absolute atomic E-state index is 5.54. The molecule has 182 valence electrons. The molecule has 0 bridgehead atoms. The molecule has 0 spiro atoms. The lowest BCUT2D eigenvalue weighted by Crippen LogP contribution is -2.50. The maximum atomic E-state index is 5.54. The summed E-state index contributed by atoms with van der Waals surface area (Å²) in [4.78, 5) is 9.92. The molecule has 3 saturated heterocycles. The minimum atomic E-state index is 0. The van der Waals surface area contributed by atoms with Crippen molar-refractivity contribution in [2.45, 2.75) is 31.7 Å². The highest BCUT2D eigenvalue weighted by Crippen LogP contribution is 2.17. The molecule has 3 fully saturated rings. The fourth-order valence-electron chi connectivity index (χ4n) is 4.59. The third-order valence-corrected chi connectivity index (χ3v) is 6.50. The van der Waals surface area contributed by atoms with E-state index in [1.165, 1.54) is 13.0 Å². The maximum Gasteiger partial charge on any atom is 0.191 e. The van der Waals surface area contributed by atoms with Crippen LogP contribution in [-0.4, -0.2) is 101 Å². The molecule has 3 aliphatic rings. The van der Waals surface area contributed by atoms with Crippen molar-refractivity contribution in [1.29, 1.82) is 0 Å².